The third-order valence-electron chi connectivity index (χ3n) is 3.96. The summed E-state index contributed by atoms with van der Waals surface area (Å²) in [5.41, 5.74) is 2.52. The molecular formula is C16H20ClN3O. The Balaban J connectivity index is 1.73. The molecular weight excluding hydrogens is 286 g/mol. The van der Waals surface area contributed by atoms with E-state index in [2.05, 4.69) is 17.0 Å². The van der Waals surface area contributed by atoms with Crippen LogP contribution in [0.5, 0.6) is 5.75 Å². The Morgan fingerprint density at radius 2 is 2.05 bits per heavy atom. The molecule has 1 aliphatic heterocycles. The Labute approximate surface area is 130 Å². The van der Waals surface area contributed by atoms with E-state index in [0.717, 1.165) is 43.2 Å². The van der Waals surface area contributed by atoms with Crippen LogP contribution in [0.1, 0.15) is 11.1 Å². The predicted octanol–water partition coefficient (Wildman–Crippen LogP) is 2.65. The molecule has 0 atom stereocenters. The van der Waals surface area contributed by atoms with Gasteiger partial charge in [-0.3, -0.25) is 4.68 Å². The highest BCUT2D eigenvalue weighted by Gasteiger charge is 2.18. The lowest BCUT2D eigenvalue weighted by Gasteiger charge is -2.15. The molecule has 0 spiro atoms. The van der Waals surface area contributed by atoms with Crippen molar-refractivity contribution in [2.45, 2.75) is 19.4 Å². The van der Waals surface area contributed by atoms with Crippen LogP contribution in [0.25, 0.3) is 0 Å². The van der Waals surface area contributed by atoms with E-state index in [-0.39, 0.29) is 0 Å². The van der Waals surface area contributed by atoms with Gasteiger partial charge in [0.05, 0.1) is 6.54 Å². The summed E-state index contributed by atoms with van der Waals surface area (Å²) in [5.74, 6) is 0.969. The molecule has 0 aliphatic carbocycles. The summed E-state index contributed by atoms with van der Waals surface area (Å²) in [4.78, 5) is 2.34. The van der Waals surface area contributed by atoms with Crippen LogP contribution in [0.4, 0.5) is 0 Å². The summed E-state index contributed by atoms with van der Waals surface area (Å²) in [6.45, 7) is 3.46. The van der Waals surface area contributed by atoms with Crippen molar-refractivity contribution in [1.29, 1.82) is 0 Å². The van der Waals surface area contributed by atoms with Crippen LogP contribution in [0.3, 0.4) is 0 Å². The molecule has 1 aromatic carbocycles. The zero-order valence-electron chi connectivity index (χ0n) is 12.3. The summed E-state index contributed by atoms with van der Waals surface area (Å²) in [6, 6.07) is 5.87. The highest BCUT2D eigenvalue weighted by atomic mass is 35.5. The lowest BCUT2D eigenvalue weighted by Crippen LogP contribution is -2.20. The van der Waals surface area contributed by atoms with E-state index >= 15 is 0 Å². The van der Waals surface area contributed by atoms with Gasteiger partial charge >= 0.3 is 0 Å². The molecule has 2 heterocycles. The maximum absolute atomic E-state index is 6.36. The Morgan fingerprint density at radius 3 is 2.81 bits per heavy atom. The van der Waals surface area contributed by atoms with Crippen molar-refractivity contribution in [1.82, 2.24) is 14.7 Å². The van der Waals surface area contributed by atoms with Crippen LogP contribution < -0.4 is 4.74 Å². The quantitative estimate of drug-likeness (QED) is 0.870. The molecule has 112 valence electrons. The number of aromatic nitrogens is 2. The fourth-order valence-corrected chi connectivity index (χ4v) is 2.99. The first-order valence-electron chi connectivity index (χ1n) is 7.33. The summed E-state index contributed by atoms with van der Waals surface area (Å²) in [6.07, 6.45) is 5.70. The van der Waals surface area contributed by atoms with Crippen LogP contribution >= 0.6 is 11.6 Å². The molecule has 3 rings (SSSR count). The van der Waals surface area contributed by atoms with Gasteiger partial charge in [-0.1, -0.05) is 11.6 Å². The maximum atomic E-state index is 6.36. The zero-order valence-corrected chi connectivity index (χ0v) is 13.0. The smallest absolute Gasteiger partial charge is 0.123 e. The van der Waals surface area contributed by atoms with E-state index in [0.29, 0.717) is 6.61 Å². The zero-order chi connectivity index (χ0) is 14.7. The number of halogens is 1. The standard InChI is InChI=1S/C16H20ClN3O/c1-19-9-5-13-14(6-10-19)16(4-3-15(13)17)21-12-11-20-8-2-7-18-20/h2-4,7-8H,5-6,9-12H2,1H3. The van der Waals surface area contributed by atoms with Crippen LogP contribution in [-0.2, 0) is 19.4 Å². The topological polar surface area (TPSA) is 30.3 Å². The van der Waals surface area contributed by atoms with E-state index in [4.69, 9.17) is 16.3 Å². The summed E-state index contributed by atoms with van der Waals surface area (Å²) < 4.78 is 7.86. The molecule has 0 fully saturated rings. The molecule has 21 heavy (non-hydrogen) atoms. The Morgan fingerprint density at radius 1 is 1.24 bits per heavy atom. The Hall–Kier alpha value is -1.52. The molecule has 0 saturated carbocycles. The number of hydrogen-bond acceptors (Lipinski definition) is 3. The minimum absolute atomic E-state index is 0.617. The second kappa shape index (κ2) is 6.50. The first-order valence-corrected chi connectivity index (χ1v) is 7.71. The third kappa shape index (κ3) is 3.39. The van der Waals surface area contributed by atoms with Crippen LogP contribution in [0.15, 0.2) is 30.6 Å². The van der Waals surface area contributed by atoms with Crippen LogP contribution in [0, 0.1) is 0 Å². The first kappa shape index (κ1) is 14.4. The van der Waals surface area contributed by atoms with Gasteiger partial charge in [0, 0.05) is 36.1 Å². The van der Waals surface area contributed by atoms with Gasteiger partial charge < -0.3 is 9.64 Å². The van der Waals surface area contributed by atoms with Crippen LogP contribution in [0.2, 0.25) is 5.02 Å². The predicted molar refractivity (Wildman–Crippen MR) is 84.1 cm³/mol. The minimum Gasteiger partial charge on any atom is -0.491 e. The fourth-order valence-electron chi connectivity index (χ4n) is 2.72. The molecule has 0 unspecified atom stereocenters. The maximum Gasteiger partial charge on any atom is 0.123 e. The van der Waals surface area contributed by atoms with Crippen molar-refractivity contribution >= 4 is 11.6 Å². The number of benzene rings is 1. The van der Waals surface area contributed by atoms with Crippen molar-refractivity contribution in [3.63, 3.8) is 0 Å². The summed E-state index contributed by atoms with van der Waals surface area (Å²) >= 11 is 6.36. The minimum atomic E-state index is 0.617. The fraction of sp³-hybridized carbons (Fsp3) is 0.438. The largest absolute Gasteiger partial charge is 0.491 e. The average Bonchev–Trinajstić information content (AvgIpc) is 2.91. The lowest BCUT2D eigenvalue weighted by molar-refractivity contribution is 0.287. The molecule has 0 amide bonds. The molecule has 1 aliphatic rings. The molecule has 0 N–H and O–H groups in total. The van der Waals surface area contributed by atoms with E-state index in [1.54, 1.807) is 6.20 Å². The average molecular weight is 306 g/mol. The number of rotatable bonds is 4. The van der Waals surface area contributed by atoms with Gasteiger partial charge in [0.2, 0.25) is 0 Å². The van der Waals surface area contributed by atoms with Gasteiger partial charge in [-0.05, 0) is 43.7 Å². The van der Waals surface area contributed by atoms with Crippen LogP contribution in [-0.4, -0.2) is 41.4 Å². The number of nitrogens with zero attached hydrogens (tertiary/aromatic N) is 3. The van der Waals surface area contributed by atoms with Crippen molar-refractivity contribution in [2.24, 2.45) is 0 Å². The third-order valence-corrected chi connectivity index (χ3v) is 4.31. The summed E-state index contributed by atoms with van der Waals surface area (Å²) in [7, 11) is 2.15. The van der Waals surface area contributed by atoms with E-state index in [9.17, 15) is 0 Å². The van der Waals surface area contributed by atoms with Gasteiger partial charge in [-0.25, -0.2) is 0 Å². The van der Waals surface area contributed by atoms with Gasteiger partial charge in [0.25, 0.3) is 0 Å². The highest BCUT2D eigenvalue weighted by molar-refractivity contribution is 6.31. The summed E-state index contributed by atoms with van der Waals surface area (Å²) in [5, 5.41) is 5.04. The molecule has 2 aromatic rings. The van der Waals surface area contributed by atoms with Gasteiger partial charge in [-0.15, -0.1) is 0 Å². The first-order chi connectivity index (χ1) is 10.2. The van der Waals surface area contributed by atoms with Crippen molar-refractivity contribution in [3.8, 4) is 5.75 Å². The van der Waals surface area contributed by atoms with Gasteiger partial charge in [0.15, 0.2) is 0 Å². The van der Waals surface area contributed by atoms with Crippen molar-refractivity contribution in [3.05, 3.63) is 46.7 Å². The lowest BCUT2D eigenvalue weighted by atomic mass is 10.0. The second-order valence-electron chi connectivity index (χ2n) is 5.42. The number of ether oxygens (including phenoxy) is 1. The number of fused-ring (bicyclic) bond motifs is 1. The van der Waals surface area contributed by atoms with E-state index in [1.165, 1.54) is 11.1 Å². The van der Waals surface area contributed by atoms with E-state index in [1.807, 2.05) is 29.1 Å². The number of likely N-dealkylation sites (N-methyl/N-ethyl adjacent to an activating group) is 1. The molecule has 0 saturated heterocycles. The van der Waals surface area contributed by atoms with Crippen molar-refractivity contribution in [2.75, 3.05) is 26.7 Å². The monoisotopic (exact) mass is 305 g/mol. The SMILES string of the molecule is CN1CCc2c(Cl)ccc(OCCn3cccn3)c2CC1. The Bertz CT molecular complexity index is 598. The molecule has 4 nitrogen and oxygen atoms in total. The number of hydrogen-bond donors (Lipinski definition) is 0. The van der Waals surface area contributed by atoms with Gasteiger partial charge in [0.1, 0.15) is 12.4 Å². The molecule has 0 bridgehead atoms. The van der Waals surface area contributed by atoms with Crippen molar-refractivity contribution < 1.29 is 4.74 Å². The highest BCUT2D eigenvalue weighted by Crippen LogP contribution is 2.31. The Kier molecular flexibility index (Phi) is 4.46. The normalized spacial score (nSPS) is 15.5. The molecule has 1 aromatic heterocycles. The van der Waals surface area contributed by atoms with Gasteiger partial charge in [-0.2, -0.15) is 5.10 Å². The second-order valence-corrected chi connectivity index (χ2v) is 5.83. The molecule has 0 radical (unpaired) electrons. The van der Waals surface area contributed by atoms with E-state index < -0.39 is 0 Å². The molecule has 5 heteroatoms.